The molecule has 1 aromatic rings. The molecule has 28 heavy (non-hydrogen) atoms. The first kappa shape index (κ1) is 22.8. The Hall–Kier alpha value is -3.27. The van der Waals surface area contributed by atoms with Crippen molar-refractivity contribution in [2.75, 3.05) is 32.5 Å². The second-order valence-electron chi connectivity index (χ2n) is 5.41. The number of anilines is 1. The van der Waals surface area contributed by atoms with Crippen molar-refractivity contribution in [3.8, 4) is 12.1 Å². The summed E-state index contributed by atoms with van der Waals surface area (Å²) >= 11 is 1.57. The van der Waals surface area contributed by atoms with E-state index in [0.29, 0.717) is 36.3 Å². The number of hydrogen-bond acceptors (Lipinski definition) is 9. The zero-order valence-corrected chi connectivity index (χ0v) is 16.9. The molecular weight excluding hydrogens is 372 g/mol. The summed E-state index contributed by atoms with van der Waals surface area (Å²) in [5, 5.41) is 35.5. The average Bonchev–Trinajstić information content (AvgIpc) is 3.04. The van der Waals surface area contributed by atoms with Gasteiger partial charge in [-0.25, -0.2) is 0 Å². The van der Waals surface area contributed by atoms with E-state index in [0.717, 1.165) is 21.7 Å². The highest BCUT2D eigenvalue weighted by Gasteiger charge is 2.16. The van der Waals surface area contributed by atoms with E-state index in [1.54, 1.807) is 17.6 Å². The number of nitrogens with zero attached hydrogens (tertiary/aromatic N) is 4. The van der Waals surface area contributed by atoms with E-state index in [9.17, 15) is 5.26 Å². The normalized spacial score (nSPS) is 11.7. The lowest BCUT2D eigenvalue weighted by Gasteiger charge is -2.07. The molecule has 0 aromatic carbocycles. The minimum atomic E-state index is 0.0998. The number of nitriles is 2. The summed E-state index contributed by atoms with van der Waals surface area (Å²) in [5.41, 5.74) is 2.84. The fourth-order valence-electron chi connectivity index (χ4n) is 2.46. The maximum Gasteiger partial charge on any atom is 0.107 e. The average molecular weight is 397 g/mol. The van der Waals surface area contributed by atoms with Crippen molar-refractivity contribution in [3.63, 3.8) is 0 Å². The van der Waals surface area contributed by atoms with Gasteiger partial charge in [0.25, 0.3) is 0 Å². The van der Waals surface area contributed by atoms with Crippen molar-refractivity contribution in [2.45, 2.75) is 13.0 Å². The molecule has 0 aliphatic heterocycles. The van der Waals surface area contributed by atoms with Crippen LogP contribution in [0.15, 0.2) is 33.5 Å². The summed E-state index contributed by atoms with van der Waals surface area (Å²) in [6.07, 6.45) is 6.41. The first-order valence-electron chi connectivity index (χ1n) is 8.51. The summed E-state index contributed by atoms with van der Waals surface area (Å²) in [6, 6.07) is 4.28. The van der Waals surface area contributed by atoms with Crippen LogP contribution in [0.5, 0.6) is 0 Å². The molecule has 0 atom stereocenters. The van der Waals surface area contributed by atoms with Gasteiger partial charge >= 0.3 is 0 Å². The SMILES string of the molecule is C=N/C=C(\C=N/CCc1c(CNC)sc(NC)c1C#N)C(=C/C=N)/NCC#N. The van der Waals surface area contributed by atoms with Crippen molar-refractivity contribution in [1.29, 1.82) is 15.9 Å². The molecule has 8 nitrogen and oxygen atoms in total. The smallest absolute Gasteiger partial charge is 0.107 e. The number of hydrogen-bond donors (Lipinski definition) is 4. The Balaban J connectivity index is 2.98. The summed E-state index contributed by atoms with van der Waals surface area (Å²) in [6.45, 7) is 4.72. The summed E-state index contributed by atoms with van der Waals surface area (Å²) in [4.78, 5) is 9.32. The fraction of sp³-hybridized carbons (Fsp3) is 0.316. The van der Waals surface area contributed by atoms with E-state index in [1.807, 2.05) is 20.2 Å². The van der Waals surface area contributed by atoms with Crippen LogP contribution in [0, 0.1) is 28.1 Å². The zero-order chi connectivity index (χ0) is 20.8. The molecule has 0 fully saturated rings. The van der Waals surface area contributed by atoms with E-state index in [2.05, 4.69) is 38.7 Å². The van der Waals surface area contributed by atoms with Crippen LogP contribution in [-0.4, -0.2) is 46.3 Å². The summed E-state index contributed by atoms with van der Waals surface area (Å²) in [7, 11) is 3.68. The molecule has 9 heteroatoms. The second kappa shape index (κ2) is 13.0. The van der Waals surface area contributed by atoms with E-state index in [4.69, 9.17) is 10.7 Å². The van der Waals surface area contributed by atoms with Crippen LogP contribution < -0.4 is 16.0 Å². The number of thiophene rings is 1. The van der Waals surface area contributed by atoms with Gasteiger partial charge < -0.3 is 21.4 Å². The Morgan fingerprint density at radius 3 is 2.71 bits per heavy atom. The lowest BCUT2D eigenvalue weighted by atomic mass is 10.1. The Bertz CT molecular complexity index is 849. The van der Waals surface area contributed by atoms with E-state index in [-0.39, 0.29) is 6.54 Å². The molecule has 0 saturated heterocycles. The molecule has 4 N–H and O–H groups in total. The van der Waals surface area contributed by atoms with Gasteiger partial charge in [0.2, 0.25) is 0 Å². The van der Waals surface area contributed by atoms with E-state index >= 15 is 0 Å². The minimum absolute atomic E-state index is 0.0998. The molecule has 0 aliphatic carbocycles. The molecule has 0 bridgehead atoms. The zero-order valence-electron chi connectivity index (χ0n) is 16.0. The van der Waals surface area contributed by atoms with Crippen molar-refractivity contribution < 1.29 is 0 Å². The molecule has 0 saturated carbocycles. The first-order valence-corrected chi connectivity index (χ1v) is 9.33. The molecular formula is C19H24N8S. The van der Waals surface area contributed by atoms with Crippen LogP contribution in [0.4, 0.5) is 5.00 Å². The van der Waals surface area contributed by atoms with Gasteiger partial charge in [0.15, 0.2) is 0 Å². The van der Waals surface area contributed by atoms with Crippen LogP contribution >= 0.6 is 11.3 Å². The van der Waals surface area contributed by atoms with Gasteiger partial charge in [0, 0.05) is 54.9 Å². The Labute approximate surface area is 169 Å². The number of rotatable bonds is 12. The third-order valence-electron chi connectivity index (χ3n) is 3.64. The largest absolute Gasteiger partial charge is 0.379 e. The molecule has 1 rings (SSSR count). The molecule has 0 amide bonds. The van der Waals surface area contributed by atoms with Gasteiger partial charge in [0.05, 0.1) is 11.6 Å². The highest BCUT2D eigenvalue weighted by Crippen LogP contribution is 2.33. The standard InChI is InChI=1S/C19H24N8S/c1-23-11-14(17(4-6-20)27-9-7-21)12-26-8-5-15-16(10-22)19(25-3)28-18(15)13-24-2/h4,6,11-12,20,24-25,27H,1,5,8-9,13H2,2-3H3/b14-11+,17-4-,20-6?,26-12-. The highest BCUT2D eigenvalue weighted by atomic mass is 32.1. The highest BCUT2D eigenvalue weighted by molar-refractivity contribution is 7.16. The molecule has 1 heterocycles. The third-order valence-corrected chi connectivity index (χ3v) is 4.89. The van der Waals surface area contributed by atoms with Gasteiger partial charge in [-0.2, -0.15) is 10.5 Å². The first-order chi connectivity index (χ1) is 13.7. The van der Waals surface area contributed by atoms with Crippen LogP contribution in [0.1, 0.15) is 16.0 Å². The number of aliphatic imine (C=N–C) groups is 2. The van der Waals surface area contributed by atoms with Crippen molar-refractivity contribution >= 4 is 35.5 Å². The Kier molecular flexibility index (Phi) is 10.6. The van der Waals surface area contributed by atoms with Gasteiger partial charge in [0.1, 0.15) is 17.6 Å². The van der Waals surface area contributed by atoms with Crippen molar-refractivity contribution in [1.82, 2.24) is 10.6 Å². The topological polar surface area (TPSA) is 132 Å². The molecule has 0 spiro atoms. The monoisotopic (exact) mass is 396 g/mol. The summed E-state index contributed by atoms with van der Waals surface area (Å²) in [5.74, 6) is 0. The molecule has 0 unspecified atom stereocenters. The number of nitrogens with one attached hydrogen (secondary N) is 4. The van der Waals surface area contributed by atoms with E-state index < -0.39 is 0 Å². The third kappa shape index (κ3) is 6.47. The molecule has 1 aromatic heterocycles. The van der Waals surface area contributed by atoms with Gasteiger partial charge in [-0.05, 0) is 31.8 Å². The molecule has 0 aliphatic rings. The van der Waals surface area contributed by atoms with Gasteiger partial charge in [-0.3, -0.25) is 9.98 Å². The predicted octanol–water partition coefficient (Wildman–Crippen LogP) is 2.23. The van der Waals surface area contributed by atoms with Gasteiger partial charge in [-0.1, -0.05) is 0 Å². The fourth-order valence-corrected chi connectivity index (χ4v) is 3.62. The predicted molar refractivity (Wildman–Crippen MR) is 117 cm³/mol. The van der Waals surface area contributed by atoms with E-state index in [1.165, 1.54) is 12.3 Å². The maximum atomic E-state index is 9.51. The van der Waals surface area contributed by atoms with Crippen LogP contribution in [0.2, 0.25) is 0 Å². The second-order valence-corrected chi connectivity index (χ2v) is 6.52. The quantitative estimate of drug-likeness (QED) is 0.244. The van der Waals surface area contributed by atoms with Crippen molar-refractivity contribution in [2.24, 2.45) is 9.98 Å². The van der Waals surface area contributed by atoms with Gasteiger partial charge in [-0.15, -0.1) is 11.3 Å². The number of allylic oxidation sites excluding steroid dienone is 2. The molecule has 146 valence electrons. The maximum absolute atomic E-state index is 9.51. The molecule has 0 radical (unpaired) electrons. The van der Waals surface area contributed by atoms with Crippen molar-refractivity contribution in [3.05, 3.63) is 39.6 Å². The lowest BCUT2D eigenvalue weighted by molar-refractivity contribution is 0.815. The van der Waals surface area contributed by atoms with Crippen LogP contribution in [0.25, 0.3) is 0 Å². The Morgan fingerprint density at radius 1 is 1.36 bits per heavy atom. The van der Waals surface area contributed by atoms with Crippen LogP contribution in [0.3, 0.4) is 0 Å². The lowest BCUT2D eigenvalue weighted by Crippen LogP contribution is -2.16. The summed E-state index contributed by atoms with van der Waals surface area (Å²) < 4.78 is 0. The minimum Gasteiger partial charge on any atom is -0.379 e. The Morgan fingerprint density at radius 2 is 2.14 bits per heavy atom. The van der Waals surface area contributed by atoms with Crippen LogP contribution in [-0.2, 0) is 13.0 Å².